The Morgan fingerprint density at radius 2 is 1.65 bits per heavy atom. The SMILES string of the molecule is CCc1ccc(C(Br)c2ccc3[nH]c(=O)[nH]c3c2)cc1. The van der Waals surface area contributed by atoms with Crippen LogP contribution in [0.4, 0.5) is 0 Å². The molecule has 3 rings (SSSR count). The van der Waals surface area contributed by atoms with Crippen molar-refractivity contribution in [2.45, 2.75) is 18.2 Å². The van der Waals surface area contributed by atoms with Gasteiger partial charge in [-0.2, -0.15) is 0 Å². The topological polar surface area (TPSA) is 48.6 Å². The van der Waals surface area contributed by atoms with Crippen LogP contribution in [0.2, 0.25) is 0 Å². The molecule has 1 aromatic heterocycles. The quantitative estimate of drug-likeness (QED) is 0.703. The average molecular weight is 331 g/mol. The third-order valence-electron chi connectivity index (χ3n) is 3.51. The number of hydrogen-bond donors (Lipinski definition) is 2. The number of nitrogens with one attached hydrogen (secondary N) is 2. The first-order valence-corrected chi connectivity index (χ1v) is 7.54. The molecule has 20 heavy (non-hydrogen) atoms. The smallest absolute Gasteiger partial charge is 0.306 e. The fourth-order valence-corrected chi connectivity index (χ4v) is 2.91. The summed E-state index contributed by atoms with van der Waals surface area (Å²) in [6.07, 6.45) is 1.05. The summed E-state index contributed by atoms with van der Waals surface area (Å²) in [6.45, 7) is 2.15. The minimum absolute atomic E-state index is 0.121. The lowest BCUT2D eigenvalue weighted by Crippen LogP contribution is -1.99. The van der Waals surface area contributed by atoms with Gasteiger partial charge in [0.1, 0.15) is 0 Å². The van der Waals surface area contributed by atoms with Gasteiger partial charge in [-0.25, -0.2) is 4.79 Å². The number of aromatic nitrogens is 2. The van der Waals surface area contributed by atoms with Crippen molar-refractivity contribution in [3.8, 4) is 0 Å². The van der Waals surface area contributed by atoms with Gasteiger partial charge < -0.3 is 9.97 Å². The summed E-state index contributed by atoms with van der Waals surface area (Å²) in [5.41, 5.74) is 5.16. The monoisotopic (exact) mass is 330 g/mol. The van der Waals surface area contributed by atoms with E-state index in [1.54, 1.807) is 0 Å². The van der Waals surface area contributed by atoms with Gasteiger partial charge in [-0.05, 0) is 35.2 Å². The van der Waals surface area contributed by atoms with Gasteiger partial charge in [0.15, 0.2) is 0 Å². The van der Waals surface area contributed by atoms with Gasteiger partial charge in [0.2, 0.25) is 0 Å². The fraction of sp³-hybridized carbons (Fsp3) is 0.188. The standard InChI is InChI=1S/C16H15BrN2O/c1-2-10-3-5-11(6-4-10)15(17)12-7-8-13-14(9-12)19-16(20)18-13/h3-9,15H,2H2,1H3,(H2,18,19,20). The predicted molar refractivity (Wildman–Crippen MR) is 85.5 cm³/mol. The molecule has 0 aliphatic carbocycles. The van der Waals surface area contributed by atoms with E-state index in [-0.39, 0.29) is 10.5 Å². The van der Waals surface area contributed by atoms with Crippen LogP contribution in [0.15, 0.2) is 47.3 Å². The van der Waals surface area contributed by atoms with E-state index in [0.29, 0.717) is 0 Å². The maximum Gasteiger partial charge on any atom is 0.323 e. The van der Waals surface area contributed by atoms with E-state index in [9.17, 15) is 4.79 Å². The summed E-state index contributed by atoms with van der Waals surface area (Å²) in [5.74, 6) is 0. The molecule has 102 valence electrons. The highest BCUT2D eigenvalue weighted by Gasteiger charge is 2.11. The number of fused-ring (bicyclic) bond motifs is 1. The van der Waals surface area contributed by atoms with Crippen molar-refractivity contribution in [3.63, 3.8) is 0 Å². The predicted octanol–water partition coefficient (Wildman–Crippen LogP) is 3.90. The Morgan fingerprint density at radius 3 is 2.35 bits per heavy atom. The lowest BCUT2D eigenvalue weighted by Gasteiger charge is -2.11. The highest BCUT2D eigenvalue weighted by molar-refractivity contribution is 9.09. The number of halogens is 1. The summed E-state index contributed by atoms with van der Waals surface area (Å²) in [7, 11) is 0. The first kappa shape index (κ1) is 13.2. The molecule has 0 saturated carbocycles. The van der Waals surface area contributed by atoms with Gasteiger partial charge in [-0.1, -0.05) is 53.2 Å². The summed E-state index contributed by atoms with van der Waals surface area (Å²) in [5, 5.41) is 0. The molecule has 1 unspecified atom stereocenters. The van der Waals surface area contributed by atoms with Gasteiger partial charge >= 0.3 is 5.69 Å². The first-order valence-electron chi connectivity index (χ1n) is 6.62. The normalized spacial score (nSPS) is 12.7. The molecule has 0 aliphatic rings. The second-order valence-electron chi connectivity index (χ2n) is 4.84. The van der Waals surface area contributed by atoms with Crippen molar-refractivity contribution < 1.29 is 0 Å². The second-order valence-corrected chi connectivity index (χ2v) is 5.76. The number of aromatic amines is 2. The Hall–Kier alpha value is -1.81. The minimum Gasteiger partial charge on any atom is -0.306 e. The van der Waals surface area contributed by atoms with E-state index in [4.69, 9.17) is 0 Å². The summed E-state index contributed by atoms with van der Waals surface area (Å²) in [4.78, 5) is 17.0. The molecule has 0 bridgehead atoms. The van der Waals surface area contributed by atoms with Crippen LogP contribution in [-0.2, 0) is 6.42 Å². The van der Waals surface area contributed by atoms with Gasteiger partial charge in [0.05, 0.1) is 15.9 Å². The number of aryl methyl sites for hydroxylation is 1. The number of imidazole rings is 1. The maximum absolute atomic E-state index is 11.3. The number of H-pyrrole nitrogens is 2. The average Bonchev–Trinajstić information content (AvgIpc) is 2.85. The molecule has 3 nitrogen and oxygen atoms in total. The van der Waals surface area contributed by atoms with E-state index >= 15 is 0 Å². The Labute approximate surface area is 125 Å². The largest absolute Gasteiger partial charge is 0.323 e. The number of alkyl halides is 1. The number of hydrogen-bond acceptors (Lipinski definition) is 1. The van der Waals surface area contributed by atoms with Crippen LogP contribution in [0.1, 0.15) is 28.4 Å². The second kappa shape index (κ2) is 5.29. The fourth-order valence-electron chi connectivity index (χ4n) is 2.32. The molecule has 0 fully saturated rings. The third-order valence-corrected chi connectivity index (χ3v) is 4.57. The van der Waals surface area contributed by atoms with Crippen LogP contribution in [0.5, 0.6) is 0 Å². The molecule has 4 heteroatoms. The summed E-state index contributed by atoms with van der Waals surface area (Å²) in [6, 6.07) is 14.5. The molecule has 0 radical (unpaired) electrons. The zero-order valence-electron chi connectivity index (χ0n) is 11.1. The van der Waals surface area contributed by atoms with E-state index in [0.717, 1.165) is 23.0 Å². The molecular weight excluding hydrogens is 316 g/mol. The van der Waals surface area contributed by atoms with E-state index in [1.807, 2.05) is 18.2 Å². The minimum atomic E-state index is -0.171. The molecule has 0 amide bonds. The molecule has 1 heterocycles. The Balaban J connectivity index is 1.97. The van der Waals surface area contributed by atoms with Crippen LogP contribution in [0.3, 0.4) is 0 Å². The Bertz CT molecular complexity index is 786. The van der Waals surface area contributed by atoms with Crippen LogP contribution in [0.25, 0.3) is 11.0 Å². The molecule has 3 aromatic rings. The van der Waals surface area contributed by atoms with Crippen LogP contribution >= 0.6 is 15.9 Å². The van der Waals surface area contributed by atoms with Gasteiger partial charge in [-0.3, -0.25) is 0 Å². The van der Waals surface area contributed by atoms with Crippen molar-refractivity contribution in [1.82, 2.24) is 9.97 Å². The van der Waals surface area contributed by atoms with Gasteiger partial charge in [-0.15, -0.1) is 0 Å². The molecule has 0 aliphatic heterocycles. The molecule has 2 aromatic carbocycles. The molecule has 1 atom stereocenters. The van der Waals surface area contributed by atoms with E-state index in [2.05, 4.69) is 57.1 Å². The molecule has 0 spiro atoms. The van der Waals surface area contributed by atoms with E-state index in [1.165, 1.54) is 11.1 Å². The third kappa shape index (κ3) is 2.43. The Morgan fingerprint density at radius 1 is 1.00 bits per heavy atom. The zero-order valence-corrected chi connectivity index (χ0v) is 12.7. The van der Waals surface area contributed by atoms with Crippen molar-refractivity contribution in [2.24, 2.45) is 0 Å². The van der Waals surface area contributed by atoms with Crippen LogP contribution in [0, 0.1) is 0 Å². The van der Waals surface area contributed by atoms with Crippen molar-refractivity contribution in [3.05, 3.63) is 69.6 Å². The maximum atomic E-state index is 11.3. The van der Waals surface area contributed by atoms with Crippen molar-refractivity contribution in [1.29, 1.82) is 0 Å². The highest BCUT2D eigenvalue weighted by atomic mass is 79.9. The first-order chi connectivity index (χ1) is 9.67. The van der Waals surface area contributed by atoms with Crippen LogP contribution in [-0.4, -0.2) is 9.97 Å². The molecular formula is C16H15BrN2O. The molecule has 0 saturated heterocycles. The lowest BCUT2D eigenvalue weighted by molar-refractivity contribution is 1.12. The van der Waals surface area contributed by atoms with Gasteiger partial charge in [0, 0.05) is 0 Å². The van der Waals surface area contributed by atoms with Crippen molar-refractivity contribution in [2.75, 3.05) is 0 Å². The molecule has 2 N–H and O–H groups in total. The lowest BCUT2D eigenvalue weighted by atomic mass is 10.0. The Kier molecular flexibility index (Phi) is 3.49. The highest BCUT2D eigenvalue weighted by Crippen LogP contribution is 2.31. The zero-order chi connectivity index (χ0) is 14.1. The summed E-state index contributed by atoms with van der Waals surface area (Å²) >= 11 is 3.73. The number of rotatable bonds is 3. The number of benzene rings is 2. The summed E-state index contributed by atoms with van der Waals surface area (Å²) < 4.78 is 0. The van der Waals surface area contributed by atoms with Crippen LogP contribution < -0.4 is 5.69 Å². The van der Waals surface area contributed by atoms with Crippen molar-refractivity contribution >= 4 is 27.0 Å². The van der Waals surface area contributed by atoms with E-state index < -0.39 is 0 Å². The van der Waals surface area contributed by atoms with Gasteiger partial charge in [0.25, 0.3) is 0 Å².